The van der Waals surface area contributed by atoms with Crippen molar-refractivity contribution in [3.63, 3.8) is 0 Å². The Kier molecular flexibility index (Phi) is 7.35. The smallest absolute Gasteiger partial charge is 0.340 e. The quantitative estimate of drug-likeness (QED) is 0.272. The van der Waals surface area contributed by atoms with Crippen LogP contribution in [0.3, 0.4) is 0 Å². The summed E-state index contributed by atoms with van der Waals surface area (Å²) < 4.78 is 24.8. The Hall–Kier alpha value is -2.45. The monoisotopic (exact) mass is 668 g/mol. The molecule has 5 aliphatic carbocycles. The molecule has 12 heteroatoms. The summed E-state index contributed by atoms with van der Waals surface area (Å²) >= 11 is 0. The average Bonchev–Trinajstić information content (AvgIpc) is 3.56. The van der Waals surface area contributed by atoms with E-state index < -0.39 is 64.2 Å². The number of hydrogen-bond acceptors (Lipinski definition) is 11. The van der Waals surface area contributed by atoms with Crippen LogP contribution < -0.4 is 4.90 Å². The molecule has 8 rings (SSSR count). The molecule has 7 bridgehead atoms. The highest BCUT2D eigenvalue weighted by atomic mass is 16.5. The van der Waals surface area contributed by atoms with E-state index in [1.165, 1.54) is 0 Å². The SMILES string of the molecule is CCN1C[C@]2(COC(=O)c3ccccc3N3C(=O)C[C@H](C)C3=O)CC[C@H](OC)[C@@]34[C@@H]5C[C@H]6[C@H](O)[C@@H]5[C@](O)(C[C@@H]6OC)[C@@](O)([C@@H](OC)[C@H]23)[C@@H]14. The van der Waals surface area contributed by atoms with Crippen molar-refractivity contribution in [1.29, 1.82) is 0 Å². The van der Waals surface area contributed by atoms with Gasteiger partial charge in [-0.3, -0.25) is 14.5 Å². The third-order valence-corrected chi connectivity index (χ3v) is 14.3. The minimum absolute atomic E-state index is 0.00294. The molecule has 14 atom stereocenters. The van der Waals surface area contributed by atoms with E-state index in [0.29, 0.717) is 32.4 Å². The molecule has 1 aromatic carbocycles. The molecule has 7 aliphatic rings. The Labute approximate surface area is 280 Å². The van der Waals surface area contributed by atoms with Crippen LogP contribution in [0.2, 0.25) is 0 Å². The number of likely N-dealkylation sites (tertiary alicyclic amines) is 1. The maximum atomic E-state index is 14.0. The lowest BCUT2D eigenvalue weighted by Crippen LogP contribution is -2.82. The van der Waals surface area contributed by atoms with E-state index in [0.717, 1.165) is 4.90 Å². The van der Waals surface area contributed by atoms with Crippen LogP contribution in [0.25, 0.3) is 0 Å². The molecular formula is C36H48N2O10. The molecule has 0 aromatic heterocycles. The topological polar surface area (TPSA) is 155 Å². The number of nitrogens with zero attached hydrogens (tertiary/aromatic N) is 2. The Morgan fingerprint density at radius 3 is 2.48 bits per heavy atom. The van der Waals surface area contributed by atoms with E-state index in [-0.39, 0.29) is 66.4 Å². The predicted octanol–water partition coefficient (Wildman–Crippen LogP) is 1.38. The Morgan fingerprint density at radius 1 is 1.08 bits per heavy atom. The summed E-state index contributed by atoms with van der Waals surface area (Å²) in [6.45, 7) is 4.81. The number of imide groups is 1. The fourth-order valence-electron chi connectivity index (χ4n) is 12.9. The van der Waals surface area contributed by atoms with Gasteiger partial charge in [0.15, 0.2) is 0 Å². The summed E-state index contributed by atoms with van der Waals surface area (Å²) in [6, 6.07) is 6.01. The summed E-state index contributed by atoms with van der Waals surface area (Å²) in [5.41, 5.74) is -4.53. The number of amides is 2. The average molecular weight is 669 g/mol. The maximum absolute atomic E-state index is 14.0. The second-order valence-electron chi connectivity index (χ2n) is 15.7. The summed E-state index contributed by atoms with van der Waals surface area (Å²) in [5.74, 6) is -3.18. The lowest BCUT2D eigenvalue weighted by molar-refractivity contribution is -0.318. The molecule has 2 saturated heterocycles. The standard InChI is InChI=1S/C36H48N2O10/c1-6-37-16-33(17-48-31(42)19-9-7-8-10-22(19)38-25(39)13-18(2)30(38)41)12-11-24(46-4)35-21-14-20-23(45-3)15-34(43,26(21)27(20)40)36(44,32(35)37)29(47-5)28(33)35/h7-10,18,20-21,23-24,26-29,32,40,43-44H,6,11-17H2,1-5H3/t18-,20+,21+,23-,24-,26+,27-,28+,29-,32-,33-,34+,35-,36+/m0/s1. The van der Waals surface area contributed by atoms with Crippen LogP contribution in [0.4, 0.5) is 5.69 Å². The normalized spacial score (nSPS) is 48.7. The Morgan fingerprint density at radius 2 is 1.83 bits per heavy atom. The minimum atomic E-state index is -1.77. The van der Waals surface area contributed by atoms with Crippen LogP contribution in [0.5, 0.6) is 0 Å². The fraction of sp³-hybridized carbons (Fsp3) is 0.750. The second-order valence-corrected chi connectivity index (χ2v) is 15.7. The Balaban J connectivity index is 1.23. The number of piperidine rings is 1. The first kappa shape index (κ1) is 32.7. The van der Waals surface area contributed by atoms with Crippen LogP contribution in [-0.2, 0) is 28.5 Å². The van der Waals surface area contributed by atoms with E-state index in [4.69, 9.17) is 18.9 Å². The van der Waals surface area contributed by atoms with Crippen molar-refractivity contribution in [3.05, 3.63) is 29.8 Å². The molecule has 0 unspecified atom stereocenters. The van der Waals surface area contributed by atoms with Crippen LogP contribution in [0.1, 0.15) is 56.3 Å². The van der Waals surface area contributed by atoms with Crippen molar-refractivity contribution in [1.82, 2.24) is 4.90 Å². The van der Waals surface area contributed by atoms with E-state index in [1.807, 2.05) is 6.92 Å². The van der Waals surface area contributed by atoms with Crippen LogP contribution >= 0.6 is 0 Å². The maximum Gasteiger partial charge on any atom is 0.340 e. The van der Waals surface area contributed by atoms with E-state index in [9.17, 15) is 29.7 Å². The fourth-order valence-corrected chi connectivity index (χ4v) is 12.9. The number of aliphatic hydroxyl groups is 3. The lowest BCUT2D eigenvalue weighted by Gasteiger charge is -2.70. The van der Waals surface area contributed by atoms with Gasteiger partial charge in [0.05, 0.1) is 48.3 Å². The minimum Gasteiger partial charge on any atom is -0.461 e. The van der Waals surface area contributed by atoms with Gasteiger partial charge < -0.3 is 34.3 Å². The van der Waals surface area contributed by atoms with Crippen molar-refractivity contribution in [2.24, 2.45) is 40.4 Å². The molecule has 12 nitrogen and oxygen atoms in total. The molecule has 48 heavy (non-hydrogen) atoms. The Bertz CT molecular complexity index is 1540. The highest BCUT2D eigenvalue weighted by Gasteiger charge is 2.91. The number of methoxy groups -OCH3 is 3. The number of ether oxygens (including phenoxy) is 4. The van der Waals surface area contributed by atoms with E-state index >= 15 is 0 Å². The van der Waals surface area contributed by atoms with E-state index in [2.05, 4.69) is 4.90 Å². The number of anilines is 1. The van der Waals surface area contributed by atoms with Gasteiger partial charge in [-0.2, -0.15) is 0 Å². The van der Waals surface area contributed by atoms with Gasteiger partial charge in [-0.15, -0.1) is 0 Å². The van der Waals surface area contributed by atoms with Gasteiger partial charge in [0.25, 0.3) is 0 Å². The molecule has 1 spiro atoms. The van der Waals surface area contributed by atoms with Gasteiger partial charge >= 0.3 is 5.97 Å². The van der Waals surface area contributed by atoms with Gasteiger partial charge in [-0.1, -0.05) is 26.0 Å². The van der Waals surface area contributed by atoms with Gasteiger partial charge in [0.1, 0.15) is 11.2 Å². The highest BCUT2D eigenvalue weighted by Crippen LogP contribution is 2.80. The van der Waals surface area contributed by atoms with Crippen molar-refractivity contribution in [2.45, 2.75) is 87.6 Å². The molecule has 2 amide bonds. The number of hydrogen-bond donors (Lipinski definition) is 3. The molecule has 3 N–H and O–H groups in total. The van der Waals surface area contributed by atoms with Crippen molar-refractivity contribution in [3.8, 4) is 0 Å². The number of likely N-dealkylation sites (N-methyl/N-ethyl adjacent to an activating group) is 1. The predicted molar refractivity (Wildman–Crippen MR) is 170 cm³/mol. The molecule has 2 heterocycles. The zero-order valence-corrected chi connectivity index (χ0v) is 28.3. The number of esters is 1. The molecule has 262 valence electrons. The molecular weight excluding hydrogens is 620 g/mol. The summed E-state index contributed by atoms with van der Waals surface area (Å²) in [5, 5.41) is 38.0. The zero-order valence-electron chi connectivity index (χ0n) is 28.3. The van der Waals surface area contributed by atoms with Crippen LogP contribution in [0.15, 0.2) is 24.3 Å². The number of aliphatic hydroxyl groups excluding tert-OH is 1. The largest absolute Gasteiger partial charge is 0.461 e. The lowest BCUT2D eigenvalue weighted by atomic mass is 9.42. The van der Waals surface area contributed by atoms with E-state index in [1.54, 1.807) is 52.5 Å². The number of carbonyl (C=O) groups is 3. The number of rotatable bonds is 8. The first-order valence-electron chi connectivity index (χ1n) is 17.5. The molecule has 5 saturated carbocycles. The number of carbonyl (C=O) groups excluding carboxylic acids is 3. The zero-order chi connectivity index (χ0) is 34.1. The first-order chi connectivity index (χ1) is 22.9. The second kappa shape index (κ2) is 10.8. The third kappa shape index (κ3) is 3.62. The van der Waals surface area contributed by atoms with Gasteiger partial charge in [-0.05, 0) is 43.9 Å². The first-order valence-corrected chi connectivity index (χ1v) is 17.5. The van der Waals surface area contributed by atoms with Gasteiger partial charge in [0.2, 0.25) is 11.8 Å². The van der Waals surface area contributed by atoms with Gasteiger partial charge in [0, 0.05) is 75.2 Å². The van der Waals surface area contributed by atoms with Crippen molar-refractivity contribution < 1.29 is 48.7 Å². The molecule has 0 radical (unpaired) electrons. The van der Waals surface area contributed by atoms with Crippen molar-refractivity contribution in [2.75, 3.05) is 45.9 Å². The molecule has 2 aliphatic heterocycles. The number of benzene rings is 1. The number of para-hydroxylation sites is 1. The van der Waals surface area contributed by atoms with Gasteiger partial charge in [-0.25, -0.2) is 9.69 Å². The van der Waals surface area contributed by atoms with Crippen LogP contribution in [0, 0.1) is 40.4 Å². The van der Waals surface area contributed by atoms with Crippen LogP contribution in [-0.4, -0.2) is 121 Å². The summed E-state index contributed by atoms with van der Waals surface area (Å²) in [4.78, 5) is 43.1. The molecule has 7 fully saturated rings. The number of fused-ring (bicyclic) bond motifs is 2. The summed E-state index contributed by atoms with van der Waals surface area (Å²) in [6.07, 6.45) is -0.287. The molecule has 1 aromatic rings. The highest BCUT2D eigenvalue weighted by molar-refractivity contribution is 6.22. The summed E-state index contributed by atoms with van der Waals surface area (Å²) in [7, 11) is 4.87. The third-order valence-electron chi connectivity index (χ3n) is 14.3. The van der Waals surface area contributed by atoms with Crippen molar-refractivity contribution >= 4 is 23.5 Å².